The first kappa shape index (κ1) is 24.5. The minimum atomic E-state index is -4.54. The van der Waals surface area contributed by atoms with Crippen LogP contribution in [-0.2, 0) is 6.18 Å². The lowest BCUT2D eigenvalue weighted by Crippen LogP contribution is -2.43. The van der Waals surface area contributed by atoms with Gasteiger partial charge < -0.3 is 15.5 Å². The first-order valence-corrected chi connectivity index (χ1v) is 11.7. The number of anilines is 2. The van der Waals surface area contributed by atoms with E-state index in [4.69, 9.17) is 0 Å². The van der Waals surface area contributed by atoms with E-state index in [0.717, 1.165) is 29.0 Å². The Kier molecular flexibility index (Phi) is 6.42. The number of carbonyl (C=O) groups excluding carboxylic acids is 1. The van der Waals surface area contributed by atoms with Crippen molar-refractivity contribution in [2.75, 3.05) is 36.4 Å². The topological polar surface area (TPSA) is 104 Å². The molecular formula is C25H25F3N8O. The maximum atomic E-state index is 13.6. The number of carbonyl (C=O) groups is 1. The van der Waals surface area contributed by atoms with Crippen molar-refractivity contribution in [1.82, 2.24) is 30.5 Å². The van der Waals surface area contributed by atoms with E-state index in [0.29, 0.717) is 43.2 Å². The molecule has 1 aliphatic rings. The highest BCUT2D eigenvalue weighted by Crippen LogP contribution is 2.35. The van der Waals surface area contributed by atoms with Crippen molar-refractivity contribution in [2.24, 2.45) is 0 Å². The van der Waals surface area contributed by atoms with E-state index in [1.165, 1.54) is 0 Å². The quantitative estimate of drug-likeness (QED) is 0.376. The van der Waals surface area contributed by atoms with Crippen molar-refractivity contribution < 1.29 is 18.0 Å². The number of aromatic amines is 1. The molecule has 1 saturated heterocycles. The molecule has 1 aliphatic heterocycles. The third-order valence-corrected chi connectivity index (χ3v) is 6.30. The Hall–Kier alpha value is -4.19. The summed E-state index contributed by atoms with van der Waals surface area (Å²) in [6.45, 7) is 6.25. The van der Waals surface area contributed by atoms with Crippen LogP contribution in [0.15, 0.2) is 48.8 Å². The molecule has 2 aromatic heterocycles. The van der Waals surface area contributed by atoms with Crippen LogP contribution in [0.5, 0.6) is 0 Å². The van der Waals surface area contributed by atoms with Crippen LogP contribution >= 0.6 is 0 Å². The molecule has 0 aliphatic carbocycles. The summed E-state index contributed by atoms with van der Waals surface area (Å²) in [7, 11) is 0. The number of hydrogen-bond acceptors (Lipinski definition) is 6. The van der Waals surface area contributed by atoms with Gasteiger partial charge in [-0.3, -0.25) is 9.89 Å². The Balaban J connectivity index is 1.43. The number of nitrogens with zero attached hydrogens (tertiary/aromatic N) is 5. The van der Waals surface area contributed by atoms with Gasteiger partial charge in [-0.15, -0.1) is 5.10 Å². The molecule has 1 fully saturated rings. The number of H-pyrrole nitrogens is 1. The third-order valence-electron chi connectivity index (χ3n) is 6.30. The molecule has 3 N–H and O–H groups in total. The van der Waals surface area contributed by atoms with Gasteiger partial charge in [0.25, 0.3) is 5.91 Å². The molecule has 0 spiro atoms. The largest absolute Gasteiger partial charge is 0.416 e. The zero-order valence-corrected chi connectivity index (χ0v) is 20.2. The molecule has 0 radical (unpaired) electrons. The Morgan fingerprint density at radius 1 is 1.08 bits per heavy atom. The Morgan fingerprint density at radius 3 is 2.57 bits per heavy atom. The Bertz CT molecular complexity index is 1440. The van der Waals surface area contributed by atoms with Crippen LogP contribution in [0.1, 0.15) is 27.2 Å². The molecule has 0 atom stereocenters. The summed E-state index contributed by atoms with van der Waals surface area (Å²) in [5.74, 6) is -0.530. The lowest BCUT2D eigenvalue weighted by Gasteiger charge is -2.30. The van der Waals surface area contributed by atoms with Crippen LogP contribution in [0.2, 0.25) is 0 Å². The van der Waals surface area contributed by atoms with Gasteiger partial charge in [0, 0.05) is 54.4 Å². The van der Waals surface area contributed by atoms with Gasteiger partial charge in [0.05, 0.1) is 23.6 Å². The highest BCUT2D eigenvalue weighted by molar-refractivity contribution is 6.05. The SMILES string of the molecule is Cc1ccc(C(=O)Nc2cc(N3CCNCC3)cc(C(F)(F)F)c2)cc1-n1cc(-c2cn[nH]c2C)nn1. The minimum Gasteiger partial charge on any atom is -0.369 e. The van der Waals surface area contributed by atoms with Crippen LogP contribution < -0.4 is 15.5 Å². The monoisotopic (exact) mass is 510 g/mol. The number of amides is 1. The number of rotatable bonds is 5. The molecule has 4 aromatic rings. The molecule has 12 heteroatoms. The van der Waals surface area contributed by atoms with E-state index < -0.39 is 17.6 Å². The highest BCUT2D eigenvalue weighted by Gasteiger charge is 2.32. The van der Waals surface area contributed by atoms with Crippen LogP contribution in [-0.4, -0.2) is 57.3 Å². The molecule has 37 heavy (non-hydrogen) atoms. The van der Waals surface area contributed by atoms with E-state index in [1.807, 2.05) is 18.7 Å². The fraction of sp³-hybridized carbons (Fsp3) is 0.280. The van der Waals surface area contributed by atoms with Crippen LogP contribution in [0.4, 0.5) is 24.5 Å². The number of benzene rings is 2. The van der Waals surface area contributed by atoms with Crippen molar-refractivity contribution in [3.8, 4) is 16.9 Å². The fourth-order valence-electron chi connectivity index (χ4n) is 4.27. The second kappa shape index (κ2) is 9.69. The Morgan fingerprint density at radius 2 is 1.86 bits per heavy atom. The molecule has 192 valence electrons. The van der Waals surface area contributed by atoms with E-state index in [9.17, 15) is 18.0 Å². The van der Waals surface area contributed by atoms with Gasteiger partial charge >= 0.3 is 6.18 Å². The molecule has 5 rings (SSSR count). The third kappa shape index (κ3) is 5.19. The smallest absolute Gasteiger partial charge is 0.369 e. The molecule has 2 aromatic carbocycles. The fourth-order valence-corrected chi connectivity index (χ4v) is 4.27. The lowest BCUT2D eigenvalue weighted by molar-refractivity contribution is -0.137. The molecule has 0 unspecified atom stereocenters. The summed E-state index contributed by atoms with van der Waals surface area (Å²) in [4.78, 5) is 15.0. The molecule has 9 nitrogen and oxygen atoms in total. The maximum absolute atomic E-state index is 13.6. The van der Waals surface area contributed by atoms with Gasteiger partial charge in [0.15, 0.2) is 0 Å². The predicted molar refractivity (Wildman–Crippen MR) is 133 cm³/mol. The number of hydrogen-bond donors (Lipinski definition) is 3. The molecule has 0 bridgehead atoms. The summed E-state index contributed by atoms with van der Waals surface area (Å²) in [5, 5.41) is 21.1. The second-order valence-electron chi connectivity index (χ2n) is 8.92. The lowest BCUT2D eigenvalue weighted by atomic mass is 10.1. The van der Waals surface area contributed by atoms with Crippen molar-refractivity contribution in [3.05, 3.63) is 71.2 Å². The van der Waals surface area contributed by atoms with Gasteiger partial charge in [-0.05, 0) is 49.7 Å². The van der Waals surface area contributed by atoms with Crippen LogP contribution in [0.3, 0.4) is 0 Å². The van der Waals surface area contributed by atoms with Gasteiger partial charge in [0.1, 0.15) is 5.69 Å². The zero-order chi connectivity index (χ0) is 26.2. The number of aryl methyl sites for hydroxylation is 2. The van der Waals surface area contributed by atoms with Crippen molar-refractivity contribution >= 4 is 17.3 Å². The van der Waals surface area contributed by atoms with Crippen molar-refractivity contribution in [3.63, 3.8) is 0 Å². The van der Waals surface area contributed by atoms with Gasteiger partial charge in [-0.2, -0.15) is 18.3 Å². The van der Waals surface area contributed by atoms with E-state index in [-0.39, 0.29) is 11.3 Å². The van der Waals surface area contributed by atoms with Gasteiger partial charge in [-0.25, -0.2) is 4.68 Å². The number of nitrogens with one attached hydrogen (secondary N) is 3. The molecular weight excluding hydrogens is 485 g/mol. The van der Waals surface area contributed by atoms with Crippen LogP contribution in [0, 0.1) is 13.8 Å². The minimum absolute atomic E-state index is 0.0777. The number of halogens is 3. The first-order valence-electron chi connectivity index (χ1n) is 11.7. The van der Waals surface area contributed by atoms with Crippen molar-refractivity contribution in [1.29, 1.82) is 0 Å². The van der Waals surface area contributed by atoms with Crippen LogP contribution in [0.25, 0.3) is 16.9 Å². The number of alkyl halides is 3. The average molecular weight is 511 g/mol. The summed E-state index contributed by atoms with van der Waals surface area (Å²) >= 11 is 0. The van der Waals surface area contributed by atoms with Gasteiger partial charge in [0.2, 0.25) is 0 Å². The number of aromatic nitrogens is 5. The normalized spacial score (nSPS) is 14.1. The molecule has 1 amide bonds. The van der Waals surface area contributed by atoms with E-state index in [2.05, 4.69) is 31.1 Å². The molecule has 3 heterocycles. The second-order valence-corrected chi connectivity index (χ2v) is 8.92. The number of piperazine rings is 1. The average Bonchev–Trinajstić information content (AvgIpc) is 3.53. The molecule has 0 saturated carbocycles. The summed E-state index contributed by atoms with van der Waals surface area (Å²) in [6, 6.07) is 8.66. The standard InChI is InChI=1S/C25H25F3N8O/c1-15-3-4-17(9-23(15)36-14-22(33-34-36)21-13-30-32-16(21)2)24(37)31-19-10-18(25(26,27)28)11-20(12-19)35-7-5-29-6-8-35/h3-4,9-14,29H,5-8H2,1-2H3,(H,30,32)(H,31,37). The highest BCUT2D eigenvalue weighted by atomic mass is 19.4. The van der Waals surface area contributed by atoms with E-state index in [1.54, 1.807) is 41.3 Å². The Labute approximate surface area is 210 Å². The maximum Gasteiger partial charge on any atom is 0.416 e. The van der Waals surface area contributed by atoms with Crippen molar-refractivity contribution in [2.45, 2.75) is 20.0 Å². The summed E-state index contributed by atoms with van der Waals surface area (Å²) < 4.78 is 42.4. The van der Waals surface area contributed by atoms with E-state index >= 15 is 0 Å². The zero-order valence-electron chi connectivity index (χ0n) is 20.2. The summed E-state index contributed by atoms with van der Waals surface area (Å²) in [6.07, 6.45) is -1.16. The first-order chi connectivity index (χ1) is 17.7. The summed E-state index contributed by atoms with van der Waals surface area (Å²) in [5.41, 5.74) is 3.70. The predicted octanol–water partition coefficient (Wildman–Crippen LogP) is 3.95. The van der Waals surface area contributed by atoms with Gasteiger partial charge in [-0.1, -0.05) is 11.3 Å².